The van der Waals surface area contributed by atoms with Gasteiger partial charge in [0.2, 0.25) is 0 Å². The Balaban J connectivity index is 2.36. The van der Waals surface area contributed by atoms with Crippen LogP contribution in [0, 0.1) is 13.8 Å². The van der Waals surface area contributed by atoms with Gasteiger partial charge in [0.1, 0.15) is 5.84 Å². The number of aryl methyl sites for hydroxylation is 1. The molecule has 1 atom stereocenters. The van der Waals surface area contributed by atoms with E-state index in [0.717, 1.165) is 17.0 Å². The third-order valence-corrected chi connectivity index (χ3v) is 3.87. The molecule has 0 aliphatic carbocycles. The molecule has 0 amide bonds. The summed E-state index contributed by atoms with van der Waals surface area (Å²) in [5, 5.41) is 17.2. The van der Waals surface area contributed by atoms with Crippen LogP contribution in [-0.2, 0) is 6.54 Å². The van der Waals surface area contributed by atoms with Crippen LogP contribution in [0.2, 0.25) is 5.02 Å². The SMILES string of the molecule is Cc1nn(CC(C(N)=NO)c2ccccc2)c(C)c1Cl. The van der Waals surface area contributed by atoms with Crippen molar-refractivity contribution in [1.29, 1.82) is 0 Å². The van der Waals surface area contributed by atoms with Crippen molar-refractivity contribution in [3.05, 3.63) is 52.3 Å². The minimum atomic E-state index is -0.254. The number of rotatable bonds is 4. The first-order valence-corrected chi connectivity index (χ1v) is 6.64. The average Bonchev–Trinajstić information content (AvgIpc) is 2.72. The van der Waals surface area contributed by atoms with Crippen molar-refractivity contribution in [2.75, 3.05) is 0 Å². The third kappa shape index (κ3) is 2.77. The van der Waals surface area contributed by atoms with E-state index >= 15 is 0 Å². The van der Waals surface area contributed by atoms with Crippen LogP contribution in [0.5, 0.6) is 0 Å². The Labute approximate surface area is 122 Å². The van der Waals surface area contributed by atoms with Gasteiger partial charge in [-0.15, -0.1) is 0 Å². The van der Waals surface area contributed by atoms with Gasteiger partial charge in [0, 0.05) is 0 Å². The van der Waals surface area contributed by atoms with Crippen LogP contribution in [0.15, 0.2) is 35.5 Å². The van der Waals surface area contributed by atoms with Crippen LogP contribution >= 0.6 is 11.6 Å². The quantitative estimate of drug-likeness (QED) is 0.394. The van der Waals surface area contributed by atoms with Gasteiger partial charge >= 0.3 is 0 Å². The second-order valence-corrected chi connectivity index (χ2v) is 5.03. The summed E-state index contributed by atoms with van der Waals surface area (Å²) in [5.41, 5.74) is 8.43. The molecule has 0 saturated carbocycles. The maximum Gasteiger partial charge on any atom is 0.148 e. The molecule has 1 aromatic heterocycles. The molecule has 106 valence electrons. The Morgan fingerprint density at radius 1 is 1.40 bits per heavy atom. The lowest BCUT2D eigenvalue weighted by atomic mass is 9.98. The maximum atomic E-state index is 8.98. The summed E-state index contributed by atoms with van der Waals surface area (Å²) >= 11 is 6.15. The molecule has 2 rings (SSSR count). The van der Waals surface area contributed by atoms with E-state index in [1.165, 1.54) is 0 Å². The zero-order chi connectivity index (χ0) is 14.7. The molecule has 2 aromatic rings. The highest BCUT2D eigenvalue weighted by molar-refractivity contribution is 6.31. The lowest BCUT2D eigenvalue weighted by molar-refractivity contribution is 0.315. The number of amidine groups is 1. The molecule has 0 spiro atoms. The molecule has 1 aromatic carbocycles. The van der Waals surface area contributed by atoms with Gasteiger partial charge in [-0.05, 0) is 19.4 Å². The van der Waals surface area contributed by atoms with Crippen molar-refractivity contribution in [2.45, 2.75) is 26.3 Å². The highest BCUT2D eigenvalue weighted by Crippen LogP contribution is 2.23. The molecule has 3 N–H and O–H groups in total. The van der Waals surface area contributed by atoms with E-state index in [0.29, 0.717) is 11.6 Å². The van der Waals surface area contributed by atoms with Crippen LogP contribution in [0.25, 0.3) is 0 Å². The predicted molar refractivity (Wildman–Crippen MR) is 79.3 cm³/mol. The fourth-order valence-corrected chi connectivity index (χ4v) is 2.29. The van der Waals surface area contributed by atoms with Crippen LogP contribution in [0.4, 0.5) is 0 Å². The van der Waals surface area contributed by atoms with Crippen LogP contribution in [0.1, 0.15) is 22.9 Å². The van der Waals surface area contributed by atoms with Gasteiger partial charge in [-0.1, -0.05) is 47.1 Å². The van der Waals surface area contributed by atoms with Crippen LogP contribution in [-0.4, -0.2) is 20.8 Å². The number of halogens is 1. The van der Waals surface area contributed by atoms with Crippen LogP contribution in [0.3, 0.4) is 0 Å². The highest BCUT2D eigenvalue weighted by atomic mass is 35.5. The van der Waals surface area contributed by atoms with E-state index in [1.807, 2.05) is 44.2 Å². The lowest BCUT2D eigenvalue weighted by Crippen LogP contribution is -2.26. The first-order chi connectivity index (χ1) is 9.54. The van der Waals surface area contributed by atoms with Crippen LogP contribution < -0.4 is 5.73 Å². The molecule has 20 heavy (non-hydrogen) atoms. The molecule has 0 saturated heterocycles. The van der Waals surface area contributed by atoms with E-state index < -0.39 is 0 Å². The summed E-state index contributed by atoms with van der Waals surface area (Å²) in [7, 11) is 0. The van der Waals surface area contributed by atoms with Crippen molar-refractivity contribution >= 4 is 17.4 Å². The topological polar surface area (TPSA) is 76.4 Å². The molecule has 6 heteroatoms. The fraction of sp³-hybridized carbons (Fsp3) is 0.286. The zero-order valence-corrected chi connectivity index (χ0v) is 12.2. The standard InChI is InChI=1S/C14H17ClN4O/c1-9-13(15)10(2)19(17-9)8-12(14(16)18-20)11-6-4-3-5-7-11/h3-7,12,20H,8H2,1-2H3,(H2,16,18). The van der Waals surface area contributed by atoms with Gasteiger partial charge in [0.15, 0.2) is 0 Å². The summed E-state index contributed by atoms with van der Waals surface area (Å²) in [6.07, 6.45) is 0. The Hall–Kier alpha value is -2.01. The lowest BCUT2D eigenvalue weighted by Gasteiger charge is -2.17. The monoisotopic (exact) mass is 292 g/mol. The fourth-order valence-electron chi connectivity index (χ4n) is 2.15. The molecule has 0 fully saturated rings. The van der Waals surface area contributed by atoms with Gasteiger partial charge in [0.25, 0.3) is 0 Å². The molecule has 1 unspecified atom stereocenters. The average molecular weight is 293 g/mol. The molecule has 0 aliphatic rings. The summed E-state index contributed by atoms with van der Waals surface area (Å²) in [6.45, 7) is 4.23. The number of nitrogens with two attached hydrogens (primary N) is 1. The highest BCUT2D eigenvalue weighted by Gasteiger charge is 2.20. The van der Waals surface area contributed by atoms with Crippen molar-refractivity contribution < 1.29 is 5.21 Å². The summed E-state index contributed by atoms with van der Waals surface area (Å²) in [6, 6.07) is 9.64. The summed E-state index contributed by atoms with van der Waals surface area (Å²) in [4.78, 5) is 0. The van der Waals surface area contributed by atoms with Crippen molar-refractivity contribution in [3.8, 4) is 0 Å². The number of benzene rings is 1. The van der Waals surface area contributed by atoms with E-state index in [-0.39, 0.29) is 11.8 Å². The molecular formula is C14H17ClN4O. The van der Waals surface area contributed by atoms with Gasteiger partial charge in [-0.25, -0.2) is 0 Å². The third-order valence-electron chi connectivity index (χ3n) is 3.32. The van der Waals surface area contributed by atoms with Gasteiger partial charge < -0.3 is 10.9 Å². The molecule has 0 aliphatic heterocycles. The molecule has 5 nitrogen and oxygen atoms in total. The Kier molecular flexibility index (Phi) is 4.29. The maximum absolute atomic E-state index is 8.98. The largest absolute Gasteiger partial charge is 0.409 e. The minimum Gasteiger partial charge on any atom is -0.409 e. The molecule has 0 bridgehead atoms. The van der Waals surface area contributed by atoms with E-state index in [2.05, 4.69) is 10.3 Å². The molecular weight excluding hydrogens is 276 g/mol. The first-order valence-electron chi connectivity index (χ1n) is 6.26. The Morgan fingerprint density at radius 2 is 2.05 bits per heavy atom. The van der Waals surface area contributed by atoms with Gasteiger partial charge in [-0.2, -0.15) is 5.10 Å². The number of aromatic nitrogens is 2. The molecule has 0 radical (unpaired) electrons. The van der Waals surface area contributed by atoms with Gasteiger partial charge in [-0.3, -0.25) is 4.68 Å². The predicted octanol–water partition coefficient (Wildman–Crippen LogP) is 2.68. The normalized spacial score (nSPS) is 13.4. The van der Waals surface area contributed by atoms with Crippen molar-refractivity contribution in [1.82, 2.24) is 9.78 Å². The molecule has 1 heterocycles. The van der Waals surface area contributed by atoms with Crippen molar-refractivity contribution in [3.63, 3.8) is 0 Å². The Morgan fingerprint density at radius 3 is 2.55 bits per heavy atom. The summed E-state index contributed by atoms with van der Waals surface area (Å²) < 4.78 is 1.79. The minimum absolute atomic E-state index is 0.153. The van der Waals surface area contributed by atoms with Crippen molar-refractivity contribution in [2.24, 2.45) is 10.9 Å². The summed E-state index contributed by atoms with van der Waals surface area (Å²) in [5.74, 6) is -0.102. The van der Waals surface area contributed by atoms with E-state index in [9.17, 15) is 0 Å². The number of hydrogen-bond acceptors (Lipinski definition) is 3. The second-order valence-electron chi connectivity index (χ2n) is 4.66. The Bertz CT molecular complexity index is 622. The second kappa shape index (κ2) is 5.96. The number of oxime groups is 1. The zero-order valence-electron chi connectivity index (χ0n) is 11.4. The number of hydrogen-bond donors (Lipinski definition) is 2. The van der Waals surface area contributed by atoms with E-state index in [1.54, 1.807) is 4.68 Å². The first kappa shape index (κ1) is 14.4. The number of nitrogens with zero attached hydrogens (tertiary/aromatic N) is 3. The van der Waals surface area contributed by atoms with Gasteiger partial charge in [0.05, 0.1) is 28.9 Å². The smallest absolute Gasteiger partial charge is 0.148 e. The van der Waals surface area contributed by atoms with E-state index in [4.69, 9.17) is 22.5 Å².